The topological polar surface area (TPSA) is 60.2 Å². The summed E-state index contributed by atoms with van der Waals surface area (Å²) in [6.07, 6.45) is 3.88. The Morgan fingerprint density at radius 3 is 2.65 bits per heavy atom. The molecule has 114 valence electrons. The average Bonchev–Trinajstić information content (AvgIpc) is 2.43. The van der Waals surface area contributed by atoms with E-state index in [2.05, 4.69) is 31.1 Å². The number of ether oxygens (including phenoxy) is 1. The van der Waals surface area contributed by atoms with Crippen LogP contribution >= 0.6 is 0 Å². The summed E-state index contributed by atoms with van der Waals surface area (Å²) in [5.74, 6) is 1.08. The molecule has 0 radical (unpaired) electrons. The number of anilines is 1. The van der Waals surface area contributed by atoms with Crippen molar-refractivity contribution < 1.29 is 4.74 Å². The first kappa shape index (κ1) is 16.9. The summed E-state index contributed by atoms with van der Waals surface area (Å²) in [6, 6.07) is 4.25. The van der Waals surface area contributed by atoms with E-state index in [1.54, 1.807) is 6.20 Å². The lowest BCUT2D eigenvalue weighted by Gasteiger charge is -2.31. The first-order valence-electron chi connectivity index (χ1n) is 7.64. The first-order chi connectivity index (χ1) is 9.60. The van der Waals surface area contributed by atoms with Crippen molar-refractivity contribution in [2.45, 2.75) is 52.7 Å². The van der Waals surface area contributed by atoms with Crippen LogP contribution in [-0.4, -0.2) is 30.3 Å². The Bertz CT molecular complexity index is 382. The molecule has 1 aromatic rings. The second kappa shape index (κ2) is 8.93. The molecule has 0 spiro atoms. The molecule has 4 nitrogen and oxygen atoms in total. The van der Waals surface area contributed by atoms with E-state index in [9.17, 15) is 0 Å². The third-order valence-corrected chi connectivity index (χ3v) is 3.44. The Hall–Kier alpha value is -1.13. The lowest BCUT2D eigenvalue weighted by Crippen LogP contribution is -2.46. The van der Waals surface area contributed by atoms with Crippen LogP contribution in [0.3, 0.4) is 0 Å². The van der Waals surface area contributed by atoms with Gasteiger partial charge in [-0.25, -0.2) is 4.98 Å². The number of nitrogens with zero attached hydrogens (tertiary/aromatic N) is 1. The molecule has 2 atom stereocenters. The molecule has 0 bridgehead atoms. The summed E-state index contributed by atoms with van der Waals surface area (Å²) in [4.78, 5) is 4.17. The SMILES string of the molecule is CCCNC(Cc1cccnc1N)C(OCC)C(C)C. The van der Waals surface area contributed by atoms with E-state index in [1.807, 2.05) is 19.1 Å². The summed E-state index contributed by atoms with van der Waals surface area (Å²) >= 11 is 0. The van der Waals surface area contributed by atoms with Gasteiger partial charge in [0, 0.05) is 18.8 Å². The quantitative estimate of drug-likeness (QED) is 0.729. The van der Waals surface area contributed by atoms with Crippen LogP contribution in [0.15, 0.2) is 18.3 Å². The van der Waals surface area contributed by atoms with Crippen LogP contribution in [0.5, 0.6) is 0 Å². The van der Waals surface area contributed by atoms with Gasteiger partial charge >= 0.3 is 0 Å². The fraction of sp³-hybridized carbons (Fsp3) is 0.688. The van der Waals surface area contributed by atoms with Crippen molar-refractivity contribution in [3.05, 3.63) is 23.9 Å². The number of hydrogen-bond acceptors (Lipinski definition) is 4. The molecule has 1 aromatic heterocycles. The summed E-state index contributed by atoms with van der Waals surface area (Å²) in [6.45, 7) is 10.3. The number of aromatic nitrogens is 1. The van der Waals surface area contributed by atoms with Gasteiger partial charge in [0.05, 0.1) is 6.10 Å². The second-order valence-corrected chi connectivity index (χ2v) is 5.48. The van der Waals surface area contributed by atoms with E-state index < -0.39 is 0 Å². The van der Waals surface area contributed by atoms with Gasteiger partial charge in [-0.2, -0.15) is 0 Å². The number of nitrogens with two attached hydrogens (primary N) is 1. The normalized spacial score (nSPS) is 14.4. The van der Waals surface area contributed by atoms with Gasteiger partial charge < -0.3 is 15.8 Å². The fourth-order valence-electron chi connectivity index (χ4n) is 2.46. The predicted molar refractivity (Wildman–Crippen MR) is 84.7 cm³/mol. The van der Waals surface area contributed by atoms with Gasteiger partial charge in [0.1, 0.15) is 5.82 Å². The van der Waals surface area contributed by atoms with Crippen molar-refractivity contribution in [2.24, 2.45) is 5.92 Å². The largest absolute Gasteiger partial charge is 0.383 e. The standard InChI is InChI=1S/C16H29N3O/c1-5-9-18-14(15(12(3)4)20-6-2)11-13-8-7-10-19-16(13)17/h7-8,10,12,14-15,18H,5-6,9,11H2,1-4H3,(H2,17,19). The van der Waals surface area contributed by atoms with Gasteiger partial charge in [-0.1, -0.05) is 26.8 Å². The smallest absolute Gasteiger partial charge is 0.126 e. The molecule has 0 fully saturated rings. The number of pyridine rings is 1. The molecule has 20 heavy (non-hydrogen) atoms. The second-order valence-electron chi connectivity index (χ2n) is 5.48. The number of hydrogen-bond donors (Lipinski definition) is 2. The van der Waals surface area contributed by atoms with Crippen molar-refractivity contribution in [1.82, 2.24) is 10.3 Å². The molecule has 2 unspecified atom stereocenters. The van der Waals surface area contributed by atoms with Gasteiger partial charge in [0.2, 0.25) is 0 Å². The van der Waals surface area contributed by atoms with Crippen LogP contribution in [0, 0.1) is 5.92 Å². The molecule has 0 aliphatic heterocycles. The number of nitrogen functional groups attached to an aromatic ring is 1. The lowest BCUT2D eigenvalue weighted by atomic mass is 9.94. The number of nitrogens with one attached hydrogen (secondary N) is 1. The zero-order chi connectivity index (χ0) is 15.0. The highest BCUT2D eigenvalue weighted by atomic mass is 16.5. The van der Waals surface area contributed by atoms with E-state index in [4.69, 9.17) is 10.5 Å². The van der Waals surface area contributed by atoms with Crippen LogP contribution in [0.1, 0.15) is 39.7 Å². The van der Waals surface area contributed by atoms with Crippen molar-refractivity contribution in [3.63, 3.8) is 0 Å². The molecule has 0 aliphatic carbocycles. The Morgan fingerprint density at radius 1 is 1.35 bits per heavy atom. The van der Waals surface area contributed by atoms with E-state index in [0.29, 0.717) is 11.7 Å². The fourth-order valence-corrected chi connectivity index (χ4v) is 2.46. The van der Waals surface area contributed by atoms with Crippen LogP contribution < -0.4 is 11.1 Å². The summed E-state index contributed by atoms with van der Waals surface area (Å²) in [7, 11) is 0. The summed E-state index contributed by atoms with van der Waals surface area (Å²) in [5, 5.41) is 3.60. The molecule has 0 saturated heterocycles. The van der Waals surface area contributed by atoms with Gasteiger partial charge in [-0.05, 0) is 43.9 Å². The maximum Gasteiger partial charge on any atom is 0.126 e. The maximum absolute atomic E-state index is 5.97. The Labute approximate surface area is 123 Å². The molecule has 0 aliphatic rings. The minimum Gasteiger partial charge on any atom is -0.383 e. The zero-order valence-electron chi connectivity index (χ0n) is 13.2. The van der Waals surface area contributed by atoms with Crippen LogP contribution in [-0.2, 0) is 11.2 Å². The monoisotopic (exact) mass is 279 g/mol. The average molecular weight is 279 g/mol. The molecule has 3 N–H and O–H groups in total. The molecule has 1 rings (SSSR count). The van der Waals surface area contributed by atoms with Gasteiger partial charge in [0.15, 0.2) is 0 Å². The van der Waals surface area contributed by atoms with Crippen molar-refractivity contribution in [2.75, 3.05) is 18.9 Å². The van der Waals surface area contributed by atoms with Crippen molar-refractivity contribution in [3.8, 4) is 0 Å². The van der Waals surface area contributed by atoms with Crippen LogP contribution in [0.4, 0.5) is 5.82 Å². The minimum absolute atomic E-state index is 0.186. The van der Waals surface area contributed by atoms with Crippen LogP contribution in [0.25, 0.3) is 0 Å². The van der Waals surface area contributed by atoms with E-state index in [-0.39, 0.29) is 12.1 Å². The van der Waals surface area contributed by atoms with Gasteiger partial charge in [-0.15, -0.1) is 0 Å². The van der Waals surface area contributed by atoms with E-state index >= 15 is 0 Å². The third-order valence-electron chi connectivity index (χ3n) is 3.44. The van der Waals surface area contributed by atoms with Crippen molar-refractivity contribution in [1.29, 1.82) is 0 Å². The Balaban J connectivity index is 2.84. The highest BCUT2D eigenvalue weighted by Crippen LogP contribution is 2.18. The minimum atomic E-state index is 0.186. The van der Waals surface area contributed by atoms with Crippen LogP contribution in [0.2, 0.25) is 0 Å². The molecule has 4 heteroatoms. The molecular formula is C16H29N3O. The third kappa shape index (κ3) is 5.10. The highest BCUT2D eigenvalue weighted by molar-refractivity contribution is 5.39. The Kier molecular flexibility index (Phi) is 7.55. The summed E-state index contributed by atoms with van der Waals surface area (Å²) in [5.41, 5.74) is 7.06. The maximum atomic E-state index is 5.97. The lowest BCUT2D eigenvalue weighted by molar-refractivity contribution is 0.00364. The van der Waals surface area contributed by atoms with Crippen molar-refractivity contribution >= 4 is 5.82 Å². The number of rotatable bonds is 9. The predicted octanol–water partition coefficient (Wildman–Crippen LogP) is 2.64. The van der Waals surface area contributed by atoms with Gasteiger partial charge in [0.25, 0.3) is 0 Å². The van der Waals surface area contributed by atoms with Gasteiger partial charge in [-0.3, -0.25) is 0 Å². The summed E-state index contributed by atoms with van der Waals surface area (Å²) < 4.78 is 5.95. The molecule has 0 aromatic carbocycles. The molecule has 0 saturated carbocycles. The molecular weight excluding hydrogens is 250 g/mol. The van der Waals surface area contributed by atoms with E-state index in [0.717, 1.165) is 31.6 Å². The first-order valence-corrected chi connectivity index (χ1v) is 7.64. The van der Waals surface area contributed by atoms with E-state index in [1.165, 1.54) is 0 Å². The molecule has 1 heterocycles. The highest BCUT2D eigenvalue weighted by Gasteiger charge is 2.25. The Morgan fingerprint density at radius 2 is 2.10 bits per heavy atom. The zero-order valence-corrected chi connectivity index (χ0v) is 13.2. The molecule has 0 amide bonds.